The van der Waals surface area contributed by atoms with Gasteiger partial charge in [0.05, 0.1) is 0 Å². The summed E-state index contributed by atoms with van der Waals surface area (Å²) in [7, 11) is 0. The Labute approximate surface area is 114 Å². The van der Waals surface area contributed by atoms with Crippen LogP contribution in [0.3, 0.4) is 0 Å². The lowest BCUT2D eigenvalue weighted by Gasteiger charge is -2.28. The molecule has 0 spiro atoms. The molecule has 0 saturated heterocycles. The Morgan fingerprint density at radius 2 is 2.28 bits per heavy atom. The zero-order chi connectivity index (χ0) is 13.3. The number of hydrogen-bond acceptors (Lipinski definition) is 2. The molecule has 1 aliphatic carbocycles. The fraction of sp³-hybridized carbons (Fsp3) is 0.462. The zero-order valence-electron chi connectivity index (χ0n) is 10.0. The highest BCUT2D eigenvalue weighted by Gasteiger charge is 2.38. The lowest BCUT2D eigenvalue weighted by atomic mass is 9.92. The van der Waals surface area contributed by atoms with Crippen molar-refractivity contribution in [2.75, 3.05) is 6.54 Å². The predicted octanol–water partition coefficient (Wildman–Crippen LogP) is 2.89. The van der Waals surface area contributed by atoms with Crippen molar-refractivity contribution >= 4 is 21.9 Å². The molecule has 2 N–H and O–H groups in total. The first-order chi connectivity index (χ1) is 8.43. The van der Waals surface area contributed by atoms with Crippen LogP contribution in [0.2, 0.25) is 0 Å². The molecule has 0 aromatic heterocycles. The molecule has 3 nitrogen and oxygen atoms in total. The largest absolute Gasteiger partial charge is 0.480 e. The van der Waals surface area contributed by atoms with E-state index in [2.05, 4.69) is 21.2 Å². The van der Waals surface area contributed by atoms with E-state index >= 15 is 0 Å². The van der Waals surface area contributed by atoms with Gasteiger partial charge in [-0.3, -0.25) is 5.32 Å². The number of carboxylic acids is 1. The summed E-state index contributed by atoms with van der Waals surface area (Å²) in [6.45, 7) is 2.28. The van der Waals surface area contributed by atoms with E-state index in [4.69, 9.17) is 0 Å². The summed E-state index contributed by atoms with van der Waals surface area (Å²) in [4.78, 5) is 11.5. The van der Waals surface area contributed by atoms with Crippen LogP contribution in [-0.2, 0) is 10.3 Å². The summed E-state index contributed by atoms with van der Waals surface area (Å²) < 4.78 is 13.5. The molecule has 0 heterocycles. The molecular formula is C13H15BrFNO2. The molecule has 1 atom stereocenters. The van der Waals surface area contributed by atoms with Gasteiger partial charge in [0, 0.05) is 4.47 Å². The van der Waals surface area contributed by atoms with Gasteiger partial charge in [-0.1, -0.05) is 22.0 Å². The van der Waals surface area contributed by atoms with Crippen molar-refractivity contribution in [1.29, 1.82) is 0 Å². The van der Waals surface area contributed by atoms with Crippen molar-refractivity contribution in [3.8, 4) is 0 Å². The second kappa shape index (κ2) is 4.97. The van der Waals surface area contributed by atoms with Crippen molar-refractivity contribution in [2.24, 2.45) is 5.92 Å². The highest BCUT2D eigenvalue weighted by atomic mass is 79.9. The molecule has 1 unspecified atom stereocenters. The van der Waals surface area contributed by atoms with Crippen molar-refractivity contribution < 1.29 is 14.3 Å². The van der Waals surface area contributed by atoms with Gasteiger partial charge in [0.25, 0.3) is 0 Å². The SMILES string of the molecule is CC(NCC1CC1)(C(=O)O)c1ccc(F)cc1Br. The third-order valence-corrected chi connectivity index (χ3v) is 3.99. The summed E-state index contributed by atoms with van der Waals surface area (Å²) >= 11 is 3.23. The Morgan fingerprint density at radius 1 is 1.61 bits per heavy atom. The van der Waals surface area contributed by atoms with Crippen LogP contribution in [0.4, 0.5) is 4.39 Å². The maximum Gasteiger partial charge on any atom is 0.328 e. The van der Waals surface area contributed by atoms with Crippen molar-refractivity contribution in [3.63, 3.8) is 0 Å². The second-order valence-electron chi connectivity index (χ2n) is 4.88. The number of hydrogen-bond donors (Lipinski definition) is 2. The van der Waals surface area contributed by atoms with Crippen molar-refractivity contribution in [3.05, 3.63) is 34.1 Å². The number of nitrogens with one attached hydrogen (secondary N) is 1. The minimum atomic E-state index is -1.20. The van der Waals surface area contributed by atoms with Gasteiger partial charge in [0.15, 0.2) is 0 Å². The minimum Gasteiger partial charge on any atom is -0.480 e. The van der Waals surface area contributed by atoms with Crippen molar-refractivity contribution in [1.82, 2.24) is 5.32 Å². The third-order valence-electron chi connectivity index (χ3n) is 3.34. The Bertz CT molecular complexity index is 476. The number of aliphatic carboxylic acids is 1. The van der Waals surface area contributed by atoms with Crippen LogP contribution < -0.4 is 5.32 Å². The molecule has 0 aliphatic heterocycles. The Hall–Kier alpha value is -0.940. The molecule has 0 bridgehead atoms. The van der Waals surface area contributed by atoms with Crippen LogP contribution >= 0.6 is 15.9 Å². The Morgan fingerprint density at radius 3 is 2.78 bits per heavy atom. The smallest absolute Gasteiger partial charge is 0.328 e. The standard InChI is InChI=1S/C13H15BrFNO2/c1-13(12(17)18,16-7-8-2-3-8)10-5-4-9(15)6-11(10)14/h4-6,8,16H,2-3,7H2,1H3,(H,17,18). The van der Waals surface area contributed by atoms with Crippen LogP contribution in [0.15, 0.2) is 22.7 Å². The van der Waals surface area contributed by atoms with E-state index in [0.29, 0.717) is 22.5 Å². The van der Waals surface area contributed by atoms with Crippen LogP contribution in [0.25, 0.3) is 0 Å². The van der Waals surface area contributed by atoms with E-state index in [9.17, 15) is 14.3 Å². The van der Waals surface area contributed by atoms with Gasteiger partial charge in [-0.05, 0) is 49.9 Å². The topological polar surface area (TPSA) is 49.3 Å². The molecule has 18 heavy (non-hydrogen) atoms. The van der Waals surface area contributed by atoms with Crippen LogP contribution in [0.5, 0.6) is 0 Å². The molecule has 0 amide bonds. The highest BCUT2D eigenvalue weighted by Crippen LogP contribution is 2.32. The van der Waals surface area contributed by atoms with E-state index in [0.717, 1.165) is 12.8 Å². The molecule has 98 valence electrons. The lowest BCUT2D eigenvalue weighted by molar-refractivity contribution is -0.144. The van der Waals surface area contributed by atoms with E-state index in [1.54, 1.807) is 6.92 Å². The molecule has 5 heteroatoms. The molecule has 1 aromatic carbocycles. The maximum atomic E-state index is 13.1. The number of benzene rings is 1. The normalized spacial score (nSPS) is 18.4. The van der Waals surface area contributed by atoms with Gasteiger partial charge in [0.1, 0.15) is 11.4 Å². The second-order valence-corrected chi connectivity index (χ2v) is 5.73. The third kappa shape index (κ3) is 2.72. The average Bonchev–Trinajstić information content (AvgIpc) is 3.09. The Kier molecular flexibility index (Phi) is 3.73. The first-order valence-electron chi connectivity index (χ1n) is 5.87. The molecular weight excluding hydrogens is 301 g/mol. The van der Waals surface area contributed by atoms with Gasteiger partial charge < -0.3 is 5.11 Å². The molecule has 1 aliphatic rings. The quantitative estimate of drug-likeness (QED) is 0.878. The van der Waals surface area contributed by atoms with Gasteiger partial charge in [-0.25, -0.2) is 9.18 Å². The summed E-state index contributed by atoms with van der Waals surface area (Å²) in [5.41, 5.74) is -0.660. The monoisotopic (exact) mass is 315 g/mol. The fourth-order valence-electron chi connectivity index (χ4n) is 1.85. The van der Waals surface area contributed by atoms with Crippen LogP contribution in [0.1, 0.15) is 25.3 Å². The molecule has 1 aromatic rings. The number of halogens is 2. The summed E-state index contributed by atoms with van der Waals surface area (Å²) in [6, 6.07) is 4.07. The highest BCUT2D eigenvalue weighted by molar-refractivity contribution is 9.10. The lowest BCUT2D eigenvalue weighted by Crippen LogP contribution is -2.47. The number of rotatable bonds is 5. The van der Waals surface area contributed by atoms with E-state index < -0.39 is 11.5 Å². The van der Waals surface area contributed by atoms with Crippen molar-refractivity contribution in [2.45, 2.75) is 25.3 Å². The van der Waals surface area contributed by atoms with E-state index in [1.807, 2.05) is 0 Å². The van der Waals surface area contributed by atoms with Gasteiger partial charge in [-0.15, -0.1) is 0 Å². The van der Waals surface area contributed by atoms with Gasteiger partial charge in [-0.2, -0.15) is 0 Å². The Balaban J connectivity index is 2.29. The summed E-state index contributed by atoms with van der Waals surface area (Å²) in [6.07, 6.45) is 2.29. The first-order valence-corrected chi connectivity index (χ1v) is 6.67. The average molecular weight is 316 g/mol. The van der Waals surface area contributed by atoms with Gasteiger partial charge >= 0.3 is 5.97 Å². The molecule has 1 saturated carbocycles. The minimum absolute atomic E-state index is 0.388. The summed E-state index contributed by atoms with van der Waals surface area (Å²) in [5, 5.41) is 12.5. The maximum absolute atomic E-state index is 13.1. The zero-order valence-corrected chi connectivity index (χ0v) is 11.6. The number of carbonyl (C=O) groups is 1. The van der Waals surface area contributed by atoms with Gasteiger partial charge in [0.2, 0.25) is 0 Å². The first kappa shape index (κ1) is 13.5. The number of carboxylic acid groups (broad SMARTS) is 1. The van der Waals surface area contributed by atoms with E-state index in [1.165, 1.54) is 18.2 Å². The molecule has 1 fully saturated rings. The molecule has 2 rings (SSSR count). The summed E-state index contributed by atoms with van der Waals surface area (Å²) in [5.74, 6) is -0.779. The van der Waals surface area contributed by atoms with Crippen LogP contribution in [-0.4, -0.2) is 17.6 Å². The van der Waals surface area contributed by atoms with Crippen LogP contribution in [0, 0.1) is 11.7 Å². The predicted molar refractivity (Wildman–Crippen MR) is 69.8 cm³/mol. The van der Waals surface area contributed by atoms with E-state index in [-0.39, 0.29) is 5.82 Å². The molecule has 0 radical (unpaired) electrons. The fourth-order valence-corrected chi connectivity index (χ4v) is 2.60.